The molecule has 1 saturated heterocycles. The Balaban J connectivity index is 1.63. The van der Waals surface area contributed by atoms with Crippen molar-refractivity contribution in [3.8, 4) is 17.0 Å². The summed E-state index contributed by atoms with van der Waals surface area (Å²) >= 11 is 0. The molecule has 2 aliphatic heterocycles. The van der Waals surface area contributed by atoms with E-state index in [-0.39, 0.29) is 22.9 Å². The Morgan fingerprint density at radius 3 is 2.64 bits per heavy atom. The number of nitrogens with one attached hydrogen (secondary N) is 1. The van der Waals surface area contributed by atoms with Gasteiger partial charge in [0.05, 0.1) is 17.9 Å². The first-order valence-electron chi connectivity index (χ1n) is 14.6. The molecule has 4 heterocycles. The minimum Gasteiger partial charge on any atom is -0.490 e. The second kappa shape index (κ2) is 12.0. The summed E-state index contributed by atoms with van der Waals surface area (Å²) in [5.41, 5.74) is 2.54. The van der Waals surface area contributed by atoms with Gasteiger partial charge in [-0.3, -0.25) is 4.79 Å². The summed E-state index contributed by atoms with van der Waals surface area (Å²) in [6.45, 7) is 11.3. The molecule has 0 spiro atoms. The number of fused-ring (bicyclic) bond motifs is 2. The lowest BCUT2D eigenvalue weighted by Gasteiger charge is -2.28. The second-order valence-corrected chi connectivity index (χ2v) is 12.1. The lowest BCUT2D eigenvalue weighted by molar-refractivity contribution is -0.160. The SMILES string of the molecule is Cc1nc2cc(C(=O)NCCC3CCOCC3)nn2c(-c2cc(F)c3c(c2C)CCCO3)c1[C@H](OC(C)(C)C)C(=O)O. The quantitative estimate of drug-likeness (QED) is 0.382. The smallest absolute Gasteiger partial charge is 0.337 e. The third-order valence-electron chi connectivity index (χ3n) is 7.89. The van der Waals surface area contributed by atoms with Crippen LogP contribution in [0.1, 0.15) is 85.4 Å². The molecule has 226 valence electrons. The first kappa shape index (κ1) is 29.9. The van der Waals surface area contributed by atoms with Gasteiger partial charge in [0.1, 0.15) is 0 Å². The number of carbonyl (C=O) groups is 2. The van der Waals surface area contributed by atoms with Gasteiger partial charge in [-0.15, -0.1) is 0 Å². The van der Waals surface area contributed by atoms with Crippen LogP contribution in [0, 0.1) is 25.6 Å². The first-order chi connectivity index (χ1) is 19.9. The van der Waals surface area contributed by atoms with Gasteiger partial charge in [-0.1, -0.05) is 0 Å². The predicted molar refractivity (Wildman–Crippen MR) is 153 cm³/mol. The van der Waals surface area contributed by atoms with Crippen molar-refractivity contribution in [2.45, 2.75) is 78.4 Å². The summed E-state index contributed by atoms with van der Waals surface area (Å²) in [4.78, 5) is 30.5. The number of aliphatic carboxylic acids is 1. The molecule has 1 amide bonds. The average molecular weight is 583 g/mol. The van der Waals surface area contributed by atoms with Gasteiger partial charge in [0.15, 0.2) is 29.0 Å². The Labute approximate surface area is 244 Å². The third kappa shape index (κ3) is 6.12. The minimum atomic E-state index is -1.42. The minimum absolute atomic E-state index is 0.135. The van der Waals surface area contributed by atoms with Crippen molar-refractivity contribution in [3.05, 3.63) is 46.0 Å². The number of carboxylic acids is 1. The Kier molecular flexibility index (Phi) is 8.52. The Hall–Kier alpha value is -3.57. The van der Waals surface area contributed by atoms with Gasteiger partial charge in [0.25, 0.3) is 5.91 Å². The van der Waals surface area contributed by atoms with E-state index in [2.05, 4.69) is 15.4 Å². The molecule has 1 atom stereocenters. The van der Waals surface area contributed by atoms with Crippen LogP contribution in [0.25, 0.3) is 16.9 Å². The number of carboxylic acid groups (broad SMARTS) is 1. The molecule has 11 heteroatoms. The number of amides is 1. The zero-order valence-electron chi connectivity index (χ0n) is 24.9. The van der Waals surface area contributed by atoms with Crippen molar-refractivity contribution in [3.63, 3.8) is 0 Å². The number of nitrogens with zero attached hydrogens (tertiary/aromatic N) is 3. The predicted octanol–water partition coefficient (Wildman–Crippen LogP) is 4.96. The molecule has 5 rings (SSSR count). The lowest BCUT2D eigenvalue weighted by Crippen LogP contribution is -2.29. The monoisotopic (exact) mass is 582 g/mol. The van der Waals surface area contributed by atoms with Crippen molar-refractivity contribution >= 4 is 17.5 Å². The van der Waals surface area contributed by atoms with Crippen molar-refractivity contribution < 1.29 is 33.3 Å². The second-order valence-electron chi connectivity index (χ2n) is 12.1. The molecule has 42 heavy (non-hydrogen) atoms. The summed E-state index contributed by atoms with van der Waals surface area (Å²) in [6, 6.07) is 2.92. The van der Waals surface area contributed by atoms with Gasteiger partial charge in [0.2, 0.25) is 0 Å². The number of aromatic nitrogens is 3. The lowest BCUT2D eigenvalue weighted by atomic mass is 9.91. The van der Waals surface area contributed by atoms with E-state index in [9.17, 15) is 14.7 Å². The highest BCUT2D eigenvalue weighted by Crippen LogP contribution is 2.41. The third-order valence-corrected chi connectivity index (χ3v) is 7.89. The van der Waals surface area contributed by atoms with E-state index in [1.54, 1.807) is 33.8 Å². The normalized spacial score (nSPS) is 16.6. The first-order valence-corrected chi connectivity index (χ1v) is 14.6. The van der Waals surface area contributed by atoms with Crippen LogP contribution in [0.4, 0.5) is 4.39 Å². The number of hydrogen-bond acceptors (Lipinski definition) is 7. The number of rotatable bonds is 8. The van der Waals surface area contributed by atoms with E-state index in [1.165, 1.54) is 10.6 Å². The van der Waals surface area contributed by atoms with Gasteiger partial charge in [-0.25, -0.2) is 18.7 Å². The summed E-state index contributed by atoms with van der Waals surface area (Å²) in [7, 11) is 0. The Morgan fingerprint density at radius 1 is 1.21 bits per heavy atom. The molecule has 1 aromatic carbocycles. The molecule has 0 unspecified atom stereocenters. The molecule has 10 nitrogen and oxygen atoms in total. The number of aryl methyl sites for hydroxylation is 1. The van der Waals surface area contributed by atoms with E-state index >= 15 is 4.39 Å². The number of halogens is 1. The van der Waals surface area contributed by atoms with Crippen molar-refractivity contribution in [1.29, 1.82) is 0 Å². The highest BCUT2D eigenvalue weighted by Gasteiger charge is 2.35. The van der Waals surface area contributed by atoms with Gasteiger partial charge in [-0.05, 0) is 84.3 Å². The van der Waals surface area contributed by atoms with Crippen LogP contribution in [-0.2, 0) is 20.7 Å². The maximum absolute atomic E-state index is 15.5. The van der Waals surface area contributed by atoms with Crippen molar-refractivity contribution in [2.75, 3.05) is 26.4 Å². The summed E-state index contributed by atoms with van der Waals surface area (Å²) in [5.74, 6) is -1.40. The Bertz CT molecular complexity index is 1510. The van der Waals surface area contributed by atoms with Crippen LogP contribution in [-0.4, -0.2) is 63.5 Å². The van der Waals surface area contributed by atoms with E-state index in [1.807, 2.05) is 6.92 Å². The molecule has 2 aliphatic rings. The fourth-order valence-electron chi connectivity index (χ4n) is 5.82. The van der Waals surface area contributed by atoms with Crippen LogP contribution in [0.2, 0.25) is 0 Å². The van der Waals surface area contributed by atoms with Gasteiger partial charge in [-0.2, -0.15) is 5.10 Å². The fourth-order valence-corrected chi connectivity index (χ4v) is 5.82. The number of carbonyl (C=O) groups excluding carboxylic acids is 1. The van der Waals surface area contributed by atoms with Crippen molar-refractivity contribution in [1.82, 2.24) is 19.9 Å². The topological polar surface area (TPSA) is 124 Å². The van der Waals surface area contributed by atoms with Crippen molar-refractivity contribution in [2.24, 2.45) is 5.92 Å². The van der Waals surface area contributed by atoms with E-state index in [0.717, 1.165) is 50.0 Å². The molecule has 2 aromatic heterocycles. The van der Waals surface area contributed by atoms with Gasteiger partial charge in [0, 0.05) is 48.2 Å². The molecular weight excluding hydrogens is 543 g/mol. The molecule has 2 N–H and O–H groups in total. The molecule has 0 saturated carbocycles. The summed E-state index contributed by atoms with van der Waals surface area (Å²) in [5, 5.41) is 17.9. The molecule has 0 aliphatic carbocycles. The maximum Gasteiger partial charge on any atom is 0.337 e. The number of benzene rings is 1. The molecule has 1 fully saturated rings. The van der Waals surface area contributed by atoms with Crippen LogP contribution in [0.5, 0.6) is 5.75 Å². The van der Waals surface area contributed by atoms with Gasteiger partial charge < -0.3 is 24.6 Å². The van der Waals surface area contributed by atoms with Gasteiger partial charge >= 0.3 is 5.97 Å². The zero-order valence-corrected chi connectivity index (χ0v) is 24.9. The summed E-state index contributed by atoms with van der Waals surface area (Å²) in [6.07, 6.45) is 2.72. The Morgan fingerprint density at radius 2 is 1.95 bits per heavy atom. The maximum atomic E-state index is 15.5. The van der Waals surface area contributed by atoms with Crippen LogP contribution in [0.15, 0.2) is 12.1 Å². The van der Waals surface area contributed by atoms with Crippen LogP contribution < -0.4 is 10.1 Å². The number of hydrogen-bond donors (Lipinski definition) is 2. The van der Waals surface area contributed by atoms with Crippen LogP contribution in [0.3, 0.4) is 0 Å². The molecule has 3 aromatic rings. The fraction of sp³-hybridized carbons (Fsp3) is 0.548. The molecule has 0 bridgehead atoms. The highest BCUT2D eigenvalue weighted by atomic mass is 19.1. The van der Waals surface area contributed by atoms with E-state index in [0.29, 0.717) is 48.1 Å². The van der Waals surface area contributed by atoms with E-state index < -0.39 is 23.5 Å². The number of ether oxygens (including phenoxy) is 3. The van der Waals surface area contributed by atoms with Crippen LogP contribution >= 0.6 is 0 Å². The summed E-state index contributed by atoms with van der Waals surface area (Å²) < 4.78 is 34.0. The van der Waals surface area contributed by atoms with E-state index in [4.69, 9.17) is 14.2 Å². The molecular formula is C31H39FN4O6. The standard InChI is InChI=1S/C31H39FN4O6/c1-17-20-7-6-12-41-27(20)22(32)15-21(17)26-25(28(30(38)39)42-31(3,4)5)18(2)34-24-16-23(35-36(24)26)29(37)33-11-8-19-9-13-40-14-10-19/h15-16,19,28H,6-14H2,1-5H3,(H,33,37)(H,38,39)/t28-/m0/s1. The zero-order chi connectivity index (χ0) is 30.2. The largest absolute Gasteiger partial charge is 0.490 e. The molecule has 0 radical (unpaired) electrons. The average Bonchev–Trinajstić information content (AvgIpc) is 3.37. The highest BCUT2D eigenvalue weighted by molar-refractivity contribution is 5.93.